The lowest BCUT2D eigenvalue weighted by molar-refractivity contribution is -0.306. The fourth-order valence-electron chi connectivity index (χ4n) is 3.30. The van der Waals surface area contributed by atoms with Crippen molar-refractivity contribution < 1.29 is 23.1 Å². The molecule has 0 aliphatic carbocycles. The Hall–Kier alpha value is -2.38. The first kappa shape index (κ1) is 18.4. The first-order valence-corrected chi connectivity index (χ1v) is 9.90. The van der Waals surface area contributed by atoms with Gasteiger partial charge in [0.2, 0.25) is 10.0 Å². The molecule has 2 aromatic carbocycles. The van der Waals surface area contributed by atoms with Crippen LogP contribution in [0.5, 0.6) is 5.75 Å². The second-order valence-electron chi connectivity index (χ2n) is 6.06. The number of hydrogen-bond acceptors (Lipinski definition) is 5. The Morgan fingerprint density at radius 2 is 1.88 bits per heavy atom. The van der Waals surface area contributed by atoms with Gasteiger partial charge in [0.1, 0.15) is 5.75 Å². The zero-order chi connectivity index (χ0) is 18.7. The Morgan fingerprint density at radius 3 is 2.54 bits per heavy atom. The number of ether oxygens (including phenoxy) is 1. The highest BCUT2D eigenvalue weighted by Crippen LogP contribution is 2.36. The summed E-state index contributed by atoms with van der Waals surface area (Å²) in [4.78, 5) is 11.4. The van der Waals surface area contributed by atoms with Crippen molar-refractivity contribution in [1.29, 1.82) is 0 Å². The van der Waals surface area contributed by atoms with Crippen LogP contribution in [0.15, 0.2) is 53.4 Å². The molecule has 7 heteroatoms. The van der Waals surface area contributed by atoms with E-state index in [0.717, 1.165) is 11.1 Å². The highest BCUT2D eigenvalue weighted by molar-refractivity contribution is 7.89. The smallest absolute Gasteiger partial charge is 0.243 e. The minimum Gasteiger partial charge on any atom is -0.550 e. The van der Waals surface area contributed by atoms with Gasteiger partial charge in [-0.25, -0.2) is 8.42 Å². The highest BCUT2D eigenvalue weighted by atomic mass is 32.2. The SMILES string of the molecule is CCOc1ccc(S(=O)(=O)N2CCc3ccccc3[C@@H]2CC(=O)[O-])cc1. The van der Waals surface area contributed by atoms with E-state index in [1.54, 1.807) is 24.3 Å². The third-order valence-electron chi connectivity index (χ3n) is 4.46. The summed E-state index contributed by atoms with van der Waals surface area (Å²) in [5.74, 6) is -0.694. The molecule has 1 heterocycles. The molecule has 2 aromatic rings. The fraction of sp³-hybridized carbons (Fsp3) is 0.316. The van der Waals surface area contributed by atoms with Crippen LogP contribution in [0.2, 0.25) is 0 Å². The van der Waals surface area contributed by atoms with Gasteiger partial charge in [-0.15, -0.1) is 0 Å². The van der Waals surface area contributed by atoms with Gasteiger partial charge in [-0.3, -0.25) is 0 Å². The van der Waals surface area contributed by atoms with Gasteiger partial charge in [-0.1, -0.05) is 24.3 Å². The molecule has 3 rings (SSSR count). The number of hydrogen-bond donors (Lipinski definition) is 0. The summed E-state index contributed by atoms with van der Waals surface area (Å²) in [6.07, 6.45) is 0.156. The number of rotatable bonds is 6. The van der Waals surface area contributed by atoms with E-state index in [4.69, 9.17) is 4.74 Å². The summed E-state index contributed by atoms with van der Waals surface area (Å²) in [7, 11) is -3.84. The van der Waals surface area contributed by atoms with Gasteiger partial charge in [0.05, 0.1) is 17.5 Å². The summed E-state index contributed by atoms with van der Waals surface area (Å²) in [6.45, 7) is 2.56. The normalized spacial score (nSPS) is 17.5. The van der Waals surface area contributed by atoms with E-state index in [-0.39, 0.29) is 17.9 Å². The highest BCUT2D eigenvalue weighted by Gasteiger charge is 2.36. The summed E-state index contributed by atoms with van der Waals surface area (Å²) >= 11 is 0. The minimum atomic E-state index is -3.84. The lowest BCUT2D eigenvalue weighted by Crippen LogP contribution is -2.42. The summed E-state index contributed by atoms with van der Waals surface area (Å²) in [5.41, 5.74) is 1.69. The zero-order valence-corrected chi connectivity index (χ0v) is 15.2. The van der Waals surface area contributed by atoms with Crippen LogP contribution in [-0.4, -0.2) is 31.8 Å². The van der Waals surface area contributed by atoms with Crippen LogP contribution in [0.1, 0.15) is 30.5 Å². The van der Waals surface area contributed by atoms with Crippen molar-refractivity contribution in [1.82, 2.24) is 4.31 Å². The van der Waals surface area contributed by atoms with Crippen LogP contribution in [0.25, 0.3) is 0 Å². The maximum absolute atomic E-state index is 13.1. The van der Waals surface area contributed by atoms with Crippen LogP contribution < -0.4 is 9.84 Å². The largest absolute Gasteiger partial charge is 0.550 e. The summed E-state index contributed by atoms with van der Waals surface area (Å²) < 4.78 is 32.9. The molecule has 0 N–H and O–H groups in total. The average molecular weight is 374 g/mol. The average Bonchev–Trinajstić information content (AvgIpc) is 2.62. The van der Waals surface area contributed by atoms with Gasteiger partial charge < -0.3 is 14.6 Å². The van der Waals surface area contributed by atoms with Gasteiger partial charge in [-0.2, -0.15) is 4.31 Å². The van der Waals surface area contributed by atoms with Gasteiger partial charge in [0, 0.05) is 18.9 Å². The third kappa shape index (κ3) is 3.59. The second-order valence-corrected chi connectivity index (χ2v) is 7.95. The Kier molecular flexibility index (Phi) is 5.29. The van der Waals surface area contributed by atoms with Crippen molar-refractivity contribution in [2.45, 2.75) is 30.7 Å². The number of carboxylic acids is 1. The van der Waals surface area contributed by atoms with Crippen LogP contribution in [0, 0.1) is 0 Å². The molecule has 0 aromatic heterocycles. The van der Waals surface area contributed by atoms with E-state index in [0.29, 0.717) is 18.8 Å². The van der Waals surface area contributed by atoms with Crippen molar-refractivity contribution in [3.05, 3.63) is 59.7 Å². The number of carboxylic acid groups (broad SMARTS) is 1. The van der Waals surface area contributed by atoms with Crippen molar-refractivity contribution in [3.8, 4) is 5.75 Å². The number of carbonyl (C=O) groups is 1. The molecule has 0 unspecified atom stereocenters. The number of fused-ring (bicyclic) bond motifs is 1. The molecular formula is C19H20NO5S-. The number of nitrogens with zero attached hydrogens (tertiary/aromatic N) is 1. The van der Waals surface area contributed by atoms with Crippen LogP contribution in [0.3, 0.4) is 0 Å². The number of carbonyl (C=O) groups excluding carboxylic acids is 1. The van der Waals surface area contributed by atoms with E-state index < -0.39 is 22.0 Å². The quantitative estimate of drug-likeness (QED) is 0.765. The van der Waals surface area contributed by atoms with E-state index in [1.807, 2.05) is 19.1 Å². The predicted molar refractivity (Wildman–Crippen MR) is 94.0 cm³/mol. The molecule has 0 spiro atoms. The Balaban J connectivity index is 1.98. The maximum Gasteiger partial charge on any atom is 0.243 e. The van der Waals surface area contributed by atoms with Crippen LogP contribution in [-0.2, 0) is 21.2 Å². The molecule has 26 heavy (non-hydrogen) atoms. The van der Waals surface area contributed by atoms with E-state index >= 15 is 0 Å². The maximum atomic E-state index is 13.1. The molecule has 0 bridgehead atoms. The molecule has 6 nitrogen and oxygen atoms in total. The standard InChI is InChI=1S/C19H21NO5S/c1-2-25-15-7-9-16(10-8-15)26(23,24)20-12-11-14-5-3-4-6-17(14)18(20)13-19(21)22/h3-10,18H,2,11-13H2,1H3,(H,21,22)/p-1/t18-/m0/s1. The summed E-state index contributed by atoms with van der Waals surface area (Å²) in [5, 5.41) is 11.3. The molecule has 0 fully saturated rings. The van der Waals surface area contributed by atoms with Gasteiger partial charge in [0.25, 0.3) is 0 Å². The minimum absolute atomic E-state index is 0.115. The fourth-order valence-corrected chi connectivity index (χ4v) is 4.90. The van der Waals surface area contributed by atoms with Crippen LogP contribution in [0.4, 0.5) is 0 Å². The molecule has 0 radical (unpaired) electrons. The Labute approximate surface area is 153 Å². The molecule has 138 valence electrons. The first-order valence-electron chi connectivity index (χ1n) is 8.46. The first-order chi connectivity index (χ1) is 12.4. The zero-order valence-electron chi connectivity index (χ0n) is 14.4. The van der Waals surface area contributed by atoms with Crippen molar-refractivity contribution in [3.63, 3.8) is 0 Å². The summed E-state index contributed by atoms with van der Waals surface area (Å²) in [6, 6.07) is 12.7. The topological polar surface area (TPSA) is 86.7 Å². The number of aliphatic carboxylic acids is 1. The van der Waals surface area contributed by atoms with Gasteiger partial charge in [-0.05, 0) is 48.7 Å². The Bertz CT molecular complexity index is 892. The Morgan fingerprint density at radius 1 is 1.19 bits per heavy atom. The van der Waals surface area contributed by atoms with Crippen molar-refractivity contribution in [2.75, 3.05) is 13.2 Å². The molecule has 1 atom stereocenters. The van der Waals surface area contributed by atoms with Crippen molar-refractivity contribution >= 4 is 16.0 Å². The van der Waals surface area contributed by atoms with Crippen molar-refractivity contribution in [2.24, 2.45) is 0 Å². The van der Waals surface area contributed by atoms with E-state index in [9.17, 15) is 18.3 Å². The predicted octanol–water partition coefficient (Wildman–Crippen LogP) is 1.51. The molecule has 1 aliphatic heterocycles. The van der Waals surface area contributed by atoms with E-state index in [1.165, 1.54) is 16.4 Å². The molecule has 1 aliphatic rings. The number of benzene rings is 2. The third-order valence-corrected chi connectivity index (χ3v) is 6.39. The molecule has 0 saturated heterocycles. The molecule has 0 amide bonds. The lowest BCUT2D eigenvalue weighted by atomic mass is 9.92. The van der Waals surface area contributed by atoms with Gasteiger partial charge in [0.15, 0.2) is 0 Å². The second kappa shape index (κ2) is 7.47. The molecule has 0 saturated carbocycles. The number of sulfonamides is 1. The molecular weight excluding hydrogens is 354 g/mol. The van der Waals surface area contributed by atoms with Crippen LogP contribution >= 0.6 is 0 Å². The van der Waals surface area contributed by atoms with E-state index in [2.05, 4.69) is 0 Å². The lowest BCUT2D eigenvalue weighted by Gasteiger charge is -2.36. The van der Waals surface area contributed by atoms with Gasteiger partial charge >= 0.3 is 0 Å². The monoisotopic (exact) mass is 374 g/mol.